The van der Waals surface area contributed by atoms with Gasteiger partial charge in [0.15, 0.2) is 0 Å². The number of anilines is 1. The third kappa shape index (κ3) is 14.7. The fraction of sp³-hybridized carbons (Fsp3) is 0.696. The van der Waals surface area contributed by atoms with Crippen LogP contribution in [0.4, 0.5) is 5.69 Å². The second kappa shape index (κ2) is 17.5. The molecular weight excluding hydrogens is 304 g/mol. The first kappa shape index (κ1) is 21.7. The molecule has 0 atom stereocenters. The van der Waals surface area contributed by atoms with Crippen molar-refractivity contribution in [2.75, 3.05) is 11.9 Å². The van der Waals surface area contributed by atoms with Gasteiger partial charge in [-0.2, -0.15) is 0 Å². The molecule has 0 fully saturated rings. The maximum absolute atomic E-state index is 4.11. The van der Waals surface area contributed by atoms with Crippen LogP contribution in [0.2, 0.25) is 0 Å². The van der Waals surface area contributed by atoms with Gasteiger partial charge in [-0.05, 0) is 44.2 Å². The van der Waals surface area contributed by atoms with E-state index < -0.39 is 0 Å². The molecule has 2 nitrogen and oxygen atoms in total. The summed E-state index contributed by atoms with van der Waals surface area (Å²) in [4.78, 5) is 4.11. The molecule has 0 saturated carbocycles. The normalized spacial score (nSPS) is 11.2. The third-order valence-corrected chi connectivity index (χ3v) is 4.68. The van der Waals surface area contributed by atoms with Crippen molar-refractivity contribution in [2.45, 2.75) is 96.8 Å². The van der Waals surface area contributed by atoms with Gasteiger partial charge in [-0.3, -0.25) is 4.98 Å². The summed E-state index contributed by atoms with van der Waals surface area (Å²) in [5, 5.41) is 3.41. The number of unbranched alkanes of at least 4 members (excludes halogenated alkanes) is 12. The van der Waals surface area contributed by atoms with Crippen LogP contribution in [0.15, 0.2) is 36.7 Å². The van der Waals surface area contributed by atoms with Gasteiger partial charge < -0.3 is 5.32 Å². The van der Waals surface area contributed by atoms with Crippen LogP contribution >= 0.6 is 0 Å². The summed E-state index contributed by atoms with van der Waals surface area (Å²) < 4.78 is 0. The van der Waals surface area contributed by atoms with Crippen molar-refractivity contribution < 1.29 is 0 Å². The number of nitrogens with zero attached hydrogens (tertiary/aromatic N) is 1. The number of aromatic nitrogens is 1. The van der Waals surface area contributed by atoms with E-state index in [4.69, 9.17) is 0 Å². The van der Waals surface area contributed by atoms with E-state index >= 15 is 0 Å². The lowest BCUT2D eigenvalue weighted by Crippen LogP contribution is -2.01. The summed E-state index contributed by atoms with van der Waals surface area (Å²) in [6, 6.07) is 4.04. The molecule has 0 aliphatic carbocycles. The van der Waals surface area contributed by atoms with Crippen molar-refractivity contribution in [3.63, 3.8) is 0 Å². The fourth-order valence-corrected chi connectivity index (χ4v) is 3.07. The van der Waals surface area contributed by atoms with Crippen molar-refractivity contribution >= 4 is 5.69 Å². The van der Waals surface area contributed by atoms with Gasteiger partial charge in [0, 0.05) is 18.9 Å². The molecule has 0 bridgehead atoms. The zero-order valence-corrected chi connectivity index (χ0v) is 16.5. The highest BCUT2D eigenvalue weighted by Gasteiger charge is 1.92. The van der Waals surface area contributed by atoms with E-state index in [2.05, 4.69) is 35.4 Å². The Morgan fingerprint density at radius 2 is 1.40 bits per heavy atom. The minimum absolute atomic E-state index is 1.05. The van der Waals surface area contributed by atoms with Crippen molar-refractivity contribution in [1.29, 1.82) is 0 Å². The zero-order chi connectivity index (χ0) is 17.8. The lowest BCUT2D eigenvalue weighted by atomic mass is 10.1. The molecule has 0 aliphatic heterocycles. The molecule has 1 heterocycles. The molecule has 1 aromatic rings. The van der Waals surface area contributed by atoms with E-state index in [-0.39, 0.29) is 0 Å². The van der Waals surface area contributed by atoms with Crippen LogP contribution < -0.4 is 5.32 Å². The number of hydrogen-bond acceptors (Lipinski definition) is 2. The summed E-state index contributed by atoms with van der Waals surface area (Å²) in [6.45, 7) is 3.34. The van der Waals surface area contributed by atoms with Crippen LogP contribution in [-0.2, 0) is 0 Å². The number of nitrogens with one attached hydrogen (secondary N) is 1. The molecule has 0 radical (unpaired) electrons. The van der Waals surface area contributed by atoms with Crippen molar-refractivity contribution in [2.24, 2.45) is 0 Å². The summed E-state index contributed by atoms with van der Waals surface area (Å²) in [6.07, 6.45) is 27.6. The summed E-state index contributed by atoms with van der Waals surface area (Å²) in [5.74, 6) is 0. The molecule has 1 rings (SSSR count). The Kier molecular flexibility index (Phi) is 15.2. The molecule has 0 unspecified atom stereocenters. The summed E-state index contributed by atoms with van der Waals surface area (Å²) in [5.41, 5.74) is 1.13. The summed E-state index contributed by atoms with van der Waals surface area (Å²) >= 11 is 0. The zero-order valence-electron chi connectivity index (χ0n) is 16.5. The second-order valence-electron chi connectivity index (χ2n) is 7.11. The van der Waals surface area contributed by atoms with Gasteiger partial charge in [-0.25, -0.2) is 0 Å². The average Bonchev–Trinajstić information content (AvgIpc) is 2.65. The fourth-order valence-electron chi connectivity index (χ4n) is 3.07. The Bertz CT molecular complexity index is 400. The van der Waals surface area contributed by atoms with Crippen molar-refractivity contribution in [3.8, 4) is 0 Å². The molecule has 1 N–H and O–H groups in total. The van der Waals surface area contributed by atoms with E-state index in [1.54, 1.807) is 0 Å². The highest BCUT2D eigenvalue weighted by molar-refractivity contribution is 5.39. The molecule has 2 heteroatoms. The Morgan fingerprint density at radius 3 is 2.00 bits per heavy atom. The maximum atomic E-state index is 4.11. The van der Waals surface area contributed by atoms with E-state index in [0.717, 1.165) is 12.2 Å². The molecule has 0 aromatic carbocycles. The van der Waals surface area contributed by atoms with E-state index in [0.29, 0.717) is 0 Å². The third-order valence-electron chi connectivity index (χ3n) is 4.68. The minimum Gasteiger partial charge on any atom is -0.384 e. The van der Waals surface area contributed by atoms with Crippen LogP contribution in [0.3, 0.4) is 0 Å². The average molecular weight is 345 g/mol. The van der Waals surface area contributed by atoms with E-state index in [1.807, 2.05) is 18.5 Å². The quantitative estimate of drug-likeness (QED) is 0.233. The van der Waals surface area contributed by atoms with Crippen LogP contribution in [0.5, 0.6) is 0 Å². The highest BCUT2D eigenvalue weighted by Crippen LogP contribution is 2.11. The van der Waals surface area contributed by atoms with E-state index in [9.17, 15) is 0 Å². The van der Waals surface area contributed by atoms with E-state index in [1.165, 1.54) is 89.9 Å². The molecule has 0 saturated heterocycles. The minimum atomic E-state index is 1.05. The molecule has 25 heavy (non-hydrogen) atoms. The monoisotopic (exact) mass is 344 g/mol. The Hall–Kier alpha value is -1.31. The van der Waals surface area contributed by atoms with Gasteiger partial charge in [0.25, 0.3) is 0 Å². The molecule has 142 valence electrons. The largest absolute Gasteiger partial charge is 0.384 e. The molecular formula is C23H40N2. The van der Waals surface area contributed by atoms with Gasteiger partial charge in [0.2, 0.25) is 0 Å². The van der Waals surface area contributed by atoms with Crippen molar-refractivity contribution in [3.05, 3.63) is 36.7 Å². The number of rotatable bonds is 17. The first-order valence-electron chi connectivity index (χ1n) is 10.7. The van der Waals surface area contributed by atoms with Gasteiger partial charge in [-0.15, -0.1) is 0 Å². The SMILES string of the molecule is CCCCCCCCCCC/C=C\CCCCCNc1cccnc1. The first-order valence-corrected chi connectivity index (χ1v) is 10.7. The van der Waals surface area contributed by atoms with Gasteiger partial charge in [-0.1, -0.05) is 76.9 Å². The van der Waals surface area contributed by atoms with Crippen LogP contribution in [0, 0.1) is 0 Å². The molecule has 1 aromatic heterocycles. The number of allylic oxidation sites excluding steroid dienone is 2. The van der Waals surface area contributed by atoms with Gasteiger partial charge in [0.05, 0.1) is 5.69 Å². The lowest BCUT2D eigenvalue weighted by molar-refractivity contribution is 0.566. The Balaban J connectivity index is 1.75. The summed E-state index contributed by atoms with van der Waals surface area (Å²) in [7, 11) is 0. The Morgan fingerprint density at radius 1 is 0.800 bits per heavy atom. The van der Waals surface area contributed by atoms with Crippen LogP contribution in [-0.4, -0.2) is 11.5 Å². The van der Waals surface area contributed by atoms with Crippen molar-refractivity contribution in [1.82, 2.24) is 4.98 Å². The number of pyridine rings is 1. The van der Waals surface area contributed by atoms with Gasteiger partial charge >= 0.3 is 0 Å². The second-order valence-corrected chi connectivity index (χ2v) is 7.11. The van der Waals surface area contributed by atoms with Crippen LogP contribution in [0.1, 0.15) is 96.8 Å². The Labute approximate surface area is 156 Å². The predicted molar refractivity (Wildman–Crippen MR) is 112 cm³/mol. The molecule has 0 spiro atoms. The number of hydrogen-bond donors (Lipinski definition) is 1. The molecule has 0 amide bonds. The topological polar surface area (TPSA) is 24.9 Å². The smallest absolute Gasteiger partial charge is 0.0526 e. The maximum Gasteiger partial charge on any atom is 0.0526 e. The molecule has 0 aliphatic rings. The first-order chi connectivity index (χ1) is 12.4. The lowest BCUT2D eigenvalue weighted by Gasteiger charge is -2.04. The van der Waals surface area contributed by atoms with Gasteiger partial charge in [0.1, 0.15) is 0 Å². The standard InChI is InChI=1S/C23H40N2/c1-2-3-4-5-6-7-8-9-10-11-12-13-14-15-16-17-21-25-23-19-18-20-24-22-23/h12-13,18-20,22,25H,2-11,14-17,21H2,1H3/b13-12-. The van der Waals surface area contributed by atoms with Crippen LogP contribution in [0.25, 0.3) is 0 Å². The highest BCUT2D eigenvalue weighted by atomic mass is 14.9. The predicted octanol–water partition coefficient (Wildman–Crippen LogP) is 7.53.